The van der Waals surface area contributed by atoms with Gasteiger partial charge in [-0.05, 0) is 52.3 Å². The molecular weight excluding hydrogens is 325 g/mol. The molecule has 0 fully saturated rings. The van der Waals surface area contributed by atoms with Gasteiger partial charge in [0.15, 0.2) is 0 Å². The van der Waals surface area contributed by atoms with Crippen molar-refractivity contribution in [1.29, 1.82) is 0 Å². The molecule has 0 aromatic heterocycles. The van der Waals surface area contributed by atoms with Crippen LogP contribution in [0.15, 0.2) is 16.6 Å². The summed E-state index contributed by atoms with van der Waals surface area (Å²) in [5.41, 5.74) is 0.468. The molecule has 0 spiro atoms. The molecule has 5 heteroatoms. The highest BCUT2D eigenvalue weighted by molar-refractivity contribution is 9.10. The van der Waals surface area contributed by atoms with E-state index >= 15 is 0 Å². The van der Waals surface area contributed by atoms with Crippen molar-refractivity contribution in [3.05, 3.63) is 33.5 Å². The van der Waals surface area contributed by atoms with Crippen LogP contribution < -0.4 is 0 Å². The smallest absolute Gasteiger partial charge is 0.410 e. The van der Waals surface area contributed by atoms with Crippen molar-refractivity contribution in [2.24, 2.45) is 0 Å². The van der Waals surface area contributed by atoms with Crippen molar-refractivity contribution in [2.45, 2.75) is 46.8 Å². The van der Waals surface area contributed by atoms with Crippen LogP contribution in [0.2, 0.25) is 0 Å². The number of ether oxygens (including phenoxy) is 1. The summed E-state index contributed by atoms with van der Waals surface area (Å²) in [5.74, 6) is -0.282. The van der Waals surface area contributed by atoms with Gasteiger partial charge in [-0.1, -0.05) is 15.9 Å². The molecule has 0 unspecified atom stereocenters. The van der Waals surface area contributed by atoms with Gasteiger partial charge < -0.3 is 9.64 Å². The molecule has 0 aliphatic rings. The lowest BCUT2D eigenvalue weighted by molar-refractivity contribution is 0.0243. The number of benzene rings is 1. The molecule has 20 heavy (non-hydrogen) atoms. The molecule has 3 nitrogen and oxygen atoms in total. The third-order valence-corrected chi connectivity index (χ3v) is 3.15. The van der Waals surface area contributed by atoms with Gasteiger partial charge in [0.25, 0.3) is 0 Å². The summed E-state index contributed by atoms with van der Waals surface area (Å²) in [6.07, 6.45) is -0.433. The fourth-order valence-corrected chi connectivity index (χ4v) is 2.37. The van der Waals surface area contributed by atoms with E-state index in [2.05, 4.69) is 15.9 Å². The number of nitrogens with zero attached hydrogens (tertiary/aromatic N) is 1. The number of rotatable bonds is 3. The Balaban J connectivity index is 2.92. The van der Waals surface area contributed by atoms with Crippen LogP contribution >= 0.6 is 15.9 Å². The van der Waals surface area contributed by atoms with Crippen LogP contribution in [-0.4, -0.2) is 23.1 Å². The van der Waals surface area contributed by atoms with E-state index in [9.17, 15) is 9.18 Å². The molecule has 0 heterocycles. The lowest BCUT2D eigenvalue weighted by atomic mass is 10.1. The van der Waals surface area contributed by atoms with E-state index in [-0.39, 0.29) is 12.4 Å². The van der Waals surface area contributed by atoms with Gasteiger partial charge in [-0.2, -0.15) is 0 Å². The van der Waals surface area contributed by atoms with Crippen LogP contribution in [0.3, 0.4) is 0 Å². The van der Waals surface area contributed by atoms with E-state index in [1.165, 1.54) is 4.90 Å². The van der Waals surface area contributed by atoms with Crippen molar-refractivity contribution in [3.63, 3.8) is 0 Å². The Hall–Kier alpha value is -1.10. The van der Waals surface area contributed by atoms with E-state index < -0.39 is 11.7 Å². The van der Waals surface area contributed by atoms with Crippen LogP contribution in [-0.2, 0) is 11.3 Å². The lowest BCUT2D eigenvalue weighted by Gasteiger charge is -2.26. The molecule has 0 saturated heterocycles. The summed E-state index contributed by atoms with van der Waals surface area (Å²) in [6, 6.07) is 3.40. The molecule has 1 aromatic carbocycles. The standard InChI is InChI=1S/C15H21BrFNO2/c1-6-18(14(19)20-15(3,4)5)9-11-8-12(16)7-10(2)13(11)17/h7-8H,6,9H2,1-5H3. The minimum Gasteiger partial charge on any atom is -0.444 e. The maximum Gasteiger partial charge on any atom is 0.410 e. The Bertz CT molecular complexity index is 497. The largest absolute Gasteiger partial charge is 0.444 e. The van der Waals surface area contributed by atoms with Gasteiger partial charge in [-0.15, -0.1) is 0 Å². The highest BCUT2D eigenvalue weighted by atomic mass is 79.9. The van der Waals surface area contributed by atoms with Crippen LogP contribution in [0.25, 0.3) is 0 Å². The second-order valence-corrected chi connectivity index (χ2v) is 6.61. The second kappa shape index (κ2) is 6.57. The minimum absolute atomic E-state index is 0.192. The summed E-state index contributed by atoms with van der Waals surface area (Å²) in [4.78, 5) is 13.5. The SMILES string of the molecule is CCN(Cc1cc(Br)cc(C)c1F)C(=O)OC(C)(C)C. The predicted molar refractivity (Wildman–Crippen MR) is 81.2 cm³/mol. The number of hydrogen-bond donors (Lipinski definition) is 0. The Labute approximate surface area is 128 Å². The van der Waals surface area contributed by atoms with E-state index in [4.69, 9.17) is 4.74 Å². The van der Waals surface area contributed by atoms with Gasteiger partial charge in [-0.3, -0.25) is 0 Å². The fourth-order valence-electron chi connectivity index (χ4n) is 1.75. The van der Waals surface area contributed by atoms with Crippen LogP contribution in [0.5, 0.6) is 0 Å². The number of carbonyl (C=O) groups excluding carboxylic acids is 1. The maximum absolute atomic E-state index is 14.1. The van der Waals surface area contributed by atoms with Crippen molar-refractivity contribution in [2.75, 3.05) is 6.54 Å². The van der Waals surface area contributed by atoms with Crippen molar-refractivity contribution in [3.8, 4) is 0 Å². The average molecular weight is 346 g/mol. The van der Waals surface area contributed by atoms with E-state index in [1.54, 1.807) is 19.1 Å². The first-order valence-corrected chi connectivity index (χ1v) is 7.35. The number of carbonyl (C=O) groups is 1. The highest BCUT2D eigenvalue weighted by Gasteiger charge is 2.22. The third-order valence-electron chi connectivity index (χ3n) is 2.69. The first-order valence-electron chi connectivity index (χ1n) is 6.56. The summed E-state index contributed by atoms with van der Waals surface area (Å²) >= 11 is 3.34. The topological polar surface area (TPSA) is 29.5 Å². The molecule has 112 valence electrons. The van der Waals surface area contributed by atoms with Gasteiger partial charge in [0.05, 0.1) is 6.54 Å². The molecule has 0 radical (unpaired) electrons. The van der Waals surface area contributed by atoms with Crippen molar-refractivity contribution in [1.82, 2.24) is 4.90 Å². The van der Waals surface area contributed by atoms with Gasteiger partial charge in [0.1, 0.15) is 11.4 Å². The molecule has 0 N–H and O–H groups in total. The third kappa shape index (κ3) is 4.78. The van der Waals surface area contributed by atoms with Gasteiger partial charge in [0, 0.05) is 16.6 Å². The summed E-state index contributed by atoms with van der Waals surface area (Å²) in [6.45, 7) is 9.62. The van der Waals surface area contributed by atoms with Crippen LogP contribution in [0, 0.1) is 12.7 Å². The van der Waals surface area contributed by atoms with Crippen LogP contribution in [0.1, 0.15) is 38.8 Å². The van der Waals surface area contributed by atoms with Gasteiger partial charge >= 0.3 is 6.09 Å². The first-order chi connectivity index (χ1) is 9.14. The Morgan fingerprint density at radius 3 is 2.50 bits per heavy atom. The number of aryl methyl sites for hydroxylation is 1. The predicted octanol–water partition coefficient (Wildman–Crippen LogP) is 4.65. The fraction of sp³-hybridized carbons (Fsp3) is 0.533. The molecule has 0 aliphatic carbocycles. The lowest BCUT2D eigenvalue weighted by Crippen LogP contribution is -2.36. The molecule has 0 aliphatic heterocycles. The average Bonchev–Trinajstić information content (AvgIpc) is 2.29. The highest BCUT2D eigenvalue weighted by Crippen LogP contribution is 2.22. The second-order valence-electron chi connectivity index (χ2n) is 5.69. The molecule has 0 bridgehead atoms. The summed E-state index contributed by atoms with van der Waals surface area (Å²) in [7, 11) is 0. The Morgan fingerprint density at radius 1 is 1.40 bits per heavy atom. The Kier molecular flexibility index (Phi) is 5.57. The minimum atomic E-state index is -0.559. The summed E-state index contributed by atoms with van der Waals surface area (Å²) < 4.78 is 20.2. The quantitative estimate of drug-likeness (QED) is 0.797. The molecule has 1 rings (SSSR count). The van der Waals surface area contributed by atoms with Gasteiger partial charge in [0.2, 0.25) is 0 Å². The molecule has 1 amide bonds. The number of halogens is 2. The van der Waals surface area contributed by atoms with E-state index in [1.807, 2.05) is 27.7 Å². The van der Waals surface area contributed by atoms with Gasteiger partial charge in [-0.25, -0.2) is 9.18 Å². The van der Waals surface area contributed by atoms with Crippen molar-refractivity contribution < 1.29 is 13.9 Å². The first kappa shape index (κ1) is 17.0. The van der Waals surface area contributed by atoms with E-state index in [0.717, 1.165) is 4.47 Å². The van der Waals surface area contributed by atoms with Crippen molar-refractivity contribution >= 4 is 22.0 Å². The zero-order chi connectivity index (χ0) is 15.5. The van der Waals surface area contributed by atoms with E-state index in [0.29, 0.717) is 17.7 Å². The Morgan fingerprint density at radius 2 is 2.00 bits per heavy atom. The van der Waals surface area contributed by atoms with Crippen LogP contribution in [0.4, 0.5) is 9.18 Å². The zero-order valence-electron chi connectivity index (χ0n) is 12.6. The normalized spacial score (nSPS) is 11.3. The maximum atomic E-state index is 14.1. The zero-order valence-corrected chi connectivity index (χ0v) is 14.2. The number of amides is 1. The molecular formula is C15H21BrFNO2. The molecule has 1 aromatic rings. The number of hydrogen-bond acceptors (Lipinski definition) is 2. The molecule has 0 atom stereocenters. The summed E-state index contributed by atoms with van der Waals surface area (Å²) in [5, 5.41) is 0. The molecule has 0 saturated carbocycles. The monoisotopic (exact) mass is 345 g/mol.